The van der Waals surface area contributed by atoms with Gasteiger partial charge in [0.1, 0.15) is 0 Å². The summed E-state index contributed by atoms with van der Waals surface area (Å²) in [6, 6.07) is 10.4. The molecule has 4 rings (SSSR count). The maximum absolute atomic E-state index is 12.6. The van der Waals surface area contributed by atoms with E-state index >= 15 is 0 Å². The molecule has 5 heteroatoms. The van der Waals surface area contributed by atoms with E-state index in [4.69, 9.17) is 4.98 Å². The zero-order valence-corrected chi connectivity index (χ0v) is 15.3. The van der Waals surface area contributed by atoms with E-state index in [-0.39, 0.29) is 5.56 Å². The van der Waals surface area contributed by atoms with E-state index in [1.807, 2.05) is 6.07 Å². The quantitative estimate of drug-likeness (QED) is 0.867. The van der Waals surface area contributed by atoms with E-state index in [0.717, 1.165) is 37.3 Å². The van der Waals surface area contributed by atoms with Crippen molar-refractivity contribution in [2.75, 3.05) is 18.4 Å². The smallest absolute Gasteiger partial charge is 0.257 e. The second-order valence-electron chi connectivity index (χ2n) is 7.67. The molecular weight excluding hydrogens is 324 g/mol. The molecule has 1 aromatic carbocycles. The highest BCUT2D eigenvalue weighted by Gasteiger charge is 2.21. The van der Waals surface area contributed by atoms with Gasteiger partial charge in [0.2, 0.25) is 5.95 Å². The summed E-state index contributed by atoms with van der Waals surface area (Å²) < 4.78 is 0. The highest BCUT2D eigenvalue weighted by Crippen LogP contribution is 2.24. The summed E-state index contributed by atoms with van der Waals surface area (Å²) in [7, 11) is 0. The number of rotatable bonds is 5. The topological polar surface area (TPSA) is 61.0 Å². The van der Waals surface area contributed by atoms with Gasteiger partial charge >= 0.3 is 0 Å². The van der Waals surface area contributed by atoms with E-state index < -0.39 is 0 Å². The van der Waals surface area contributed by atoms with Crippen LogP contribution in [0.3, 0.4) is 0 Å². The second kappa shape index (κ2) is 8.04. The van der Waals surface area contributed by atoms with Crippen LogP contribution in [0.2, 0.25) is 0 Å². The Morgan fingerprint density at radius 3 is 2.77 bits per heavy atom. The molecule has 26 heavy (non-hydrogen) atoms. The summed E-state index contributed by atoms with van der Waals surface area (Å²) in [5.74, 6) is 1.36. The average Bonchev–Trinajstić information content (AvgIpc) is 2.68. The third-order valence-corrected chi connectivity index (χ3v) is 5.68. The van der Waals surface area contributed by atoms with Gasteiger partial charge in [0.05, 0.1) is 11.3 Å². The number of nitrogens with one attached hydrogen (secondary N) is 2. The van der Waals surface area contributed by atoms with Crippen molar-refractivity contribution in [1.29, 1.82) is 0 Å². The van der Waals surface area contributed by atoms with Gasteiger partial charge in [-0.05, 0) is 24.3 Å². The minimum atomic E-state index is 0.0129. The molecule has 1 aromatic heterocycles. The molecule has 5 nitrogen and oxygen atoms in total. The Balaban J connectivity index is 1.40. The van der Waals surface area contributed by atoms with Gasteiger partial charge in [0.25, 0.3) is 5.56 Å². The van der Waals surface area contributed by atoms with Crippen molar-refractivity contribution in [3.63, 3.8) is 0 Å². The van der Waals surface area contributed by atoms with E-state index in [9.17, 15) is 4.79 Å². The molecule has 2 N–H and O–H groups in total. The number of aromatic amines is 1. The molecule has 138 valence electrons. The van der Waals surface area contributed by atoms with Crippen molar-refractivity contribution < 1.29 is 0 Å². The van der Waals surface area contributed by atoms with Crippen LogP contribution in [-0.4, -0.2) is 28.0 Å². The number of aromatic nitrogens is 2. The zero-order valence-electron chi connectivity index (χ0n) is 15.3. The zero-order chi connectivity index (χ0) is 17.8. The summed E-state index contributed by atoms with van der Waals surface area (Å²) in [6.07, 6.45) is 7.44. The molecule has 0 saturated heterocycles. The van der Waals surface area contributed by atoms with Crippen LogP contribution < -0.4 is 10.9 Å². The summed E-state index contributed by atoms with van der Waals surface area (Å²) in [6.45, 7) is 3.42. The van der Waals surface area contributed by atoms with Gasteiger partial charge in [0.15, 0.2) is 0 Å². The SMILES string of the molecule is O=c1[nH]c(NCC2CCCCC2)nc2c1CN(Cc1ccccc1)CC2. The van der Waals surface area contributed by atoms with Gasteiger partial charge in [-0.1, -0.05) is 49.6 Å². The van der Waals surface area contributed by atoms with Crippen LogP contribution in [0.25, 0.3) is 0 Å². The van der Waals surface area contributed by atoms with E-state index in [1.54, 1.807) is 0 Å². The molecule has 1 saturated carbocycles. The number of H-pyrrole nitrogens is 1. The summed E-state index contributed by atoms with van der Waals surface area (Å²) in [5.41, 5.74) is 3.09. The fourth-order valence-corrected chi connectivity index (χ4v) is 4.17. The first-order valence-electron chi connectivity index (χ1n) is 9.90. The van der Waals surface area contributed by atoms with Crippen molar-refractivity contribution in [3.05, 3.63) is 57.5 Å². The first-order valence-corrected chi connectivity index (χ1v) is 9.90. The lowest BCUT2D eigenvalue weighted by Crippen LogP contribution is -2.35. The number of fused-ring (bicyclic) bond motifs is 1. The van der Waals surface area contributed by atoms with Crippen LogP contribution in [0.1, 0.15) is 48.9 Å². The minimum Gasteiger partial charge on any atom is -0.355 e. The second-order valence-corrected chi connectivity index (χ2v) is 7.67. The maximum atomic E-state index is 12.6. The van der Waals surface area contributed by atoms with Gasteiger partial charge in [0, 0.05) is 32.6 Å². The Kier molecular flexibility index (Phi) is 5.34. The molecule has 2 aromatic rings. The number of anilines is 1. The highest BCUT2D eigenvalue weighted by molar-refractivity contribution is 5.31. The number of nitrogens with zero attached hydrogens (tertiary/aromatic N) is 2. The summed E-state index contributed by atoms with van der Waals surface area (Å²) in [5, 5.41) is 3.38. The van der Waals surface area contributed by atoms with Crippen molar-refractivity contribution in [3.8, 4) is 0 Å². The molecule has 0 amide bonds. The van der Waals surface area contributed by atoms with Gasteiger partial charge in [-0.3, -0.25) is 14.7 Å². The van der Waals surface area contributed by atoms with Crippen LogP contribution in [0.4, 0.5) is 5.95 Å². The van der Waals surface area contributed by atoms with E-state index in [2.05, 4.69) is 39.5 Å². The molecule has 2 aliphatic rings. The molecule has 1 aliphatic heterocycles. The van der Waals surface area contributed by atoms with Crippen LogP contribution in [0.15, 0.2) is 35.1 Å². The molecule has 2 heterocycles. The number of benzene rings is 1. The molecule has 0 radical (unpaired) electrons. The number of hydrogen-bond donors (Lipinski definition) is 2. The minimum absolute atomic E-state index is 0.0129. The standard InChI is InChI=1S/C21H28N4O/c26-20-18-15-25(14-17-9-5-2-6-10-17)12-11-19(18)23-21(24-20)22-13-16-7-3-1-4-8-16/h2,5-6,9-10,16H,1,3-4,7-8,11-15H2,(H2,22,23,24,26). The lowest BCUT2D eigenvalue weighted by Gasteiger charge is -2.28. The van der Waals surface area contributed by atoms with Crippen molar-refractivity contribution in [2.45, 2.75) is 51.6 Å². The largest absolute Gasteiger partial charge is 0.355 e. The van der Waals surface area contributed by atoms with Crippen molar-refractivity contribution >= 4 is 5.95 Å². The van der Waals surface area contributed by atoms with Crippen LogP contribution in [0, 0.1) is 5.92 Å². The molecule has 0 atom stereocenters. The Morgan fingerprint density at radius 1 is 1.15 bits per heavy atom. The van der Waals surface area contributed by atoms with Crippen LogP contribution >= 0.6 is 0 Å². The monoisotopic (exact) mass is 352 g/mol. The first kappa shape index (κ1) is 17.3. The third kappa shape index (κ3) is 4.15. The lowest BCUT2D eigenvalue weighted by atomic mass is 9.89. The molecule has 1 fully saturated rings. The molecule has 1 aliphatic carbocycles. The molecule has 0 bridgehead atoms. The van der Waals surface area contributed by atoms with Gasteiger partial charge in [-0.25, -0.2) is 4.98 Å². The van der Waals surface area contributed by atoms with E-state index in [0.29, 0.717) is 18.4 Å². The van der Waals surface area contributed by atoms with Gasteiger partial charge in [-0.15, -0.1) is 0 Å². The molecule has 0 unspecified atom stereocenters. The van der Waals surface area contributed by atoms with E-state index in [1.165, 1.54) is 37.7 Å². The van der Waals surface area contributed by atoms with Crippen molar-refractivity contribution in [1.82, 2.24) is 14.9 Å². The predicted octanol–water partition coefficient (Wildman–Crippen LogP) is 3.32. The lowest BCUT2D eigenvalue weighted by molar-refractivity contribution is 0.242. The molecule has 0 spiro atoms. The fourth-order valence-electron chi connectivity index (χ4n) is 4.17. The Labute approximate surface area is 154 Å². The normalized spacial score (nSPS) is 18.5. The van der Waals surface area contributed by atoms with Crippen LogP contribution in [0.5, 0.6) is 0 Å². The van der Waals surface area contributed by atoms with Gasteiger partial charge < -0.3 is 5.32 Å². The first-order chi connectivity index (χ1) is 12.8. The Bertz CT molecular complexity index is 780. The maximum Gasteiger partial charge on any atom is 0.257 e. The Morgan fingerprint density at radius 2 is 1.96 bits per heavy atom. The fraction of sp³-hybridized carbons (Fsp3) is 0.524. The third-order valence-electron chi connectivity index (χ3n) is 5.68. The average molecular weight is 352 g/mol. The predicted molar refractivity (Wildman–Crippen MR) is 104 cm³/mol. The van der Waals surface area contributed by atoms with Gasteiger partial charge in [-0.2, -0.15) is 0 Å². The summed E-state index contributed by atoms with van der Waals surface area (Å²) >= 11 is 0. The highest BCUT2D eigenvalue weighted by atomic mass is 16.1. The number of hydrogen-bond acceptors (Lipinski definition) is 4. The van der Waals surface area contributed by atoms with Crippen LogP contribution in [-0.2, 0) is 19.5 Å². The van der Waals surface area contributed by atoms with Crippen molar-refractivity contribution in [2.24, 2.45) is 5.92 Å². The summed E-state index contributed by atoms with van der Waals surface area (Å²) in [4.78, 5) is 22.6. The molecular formula is C21H28N4O. The Hall–Kier alpha value is -2.14.